The smallest absolute Gasteiger partial charge is 0.177 e. The standard InChI is InChI=1S/C13H17N3/c1-12(2)9(13(12,3)4)11-15-8-6-5-7-14-10(8)16-11/h5-7,9H,1-4H3,(H,14,15,16). The van der Waals surface area contributed by atoms with Gasteiger partial charge in [-0.1, -0.05) is 27.7 Å². The molecule has 1 saturated carbocycles. The first-order valence-electron chi connectivity index (χ1n) is 5.75. The lowest BCUT2D eigenvalue weighted by atomic mass is 10.0. The highest BCUT2D eigenvalue weighted by atomic mass is 15.0. The predicted molar refractivity (Wildman–Crippen MR) is 64.2 cm³/mol. The van der Waals surface area contributed by atoms with Crippen molar-refractivity contribution in [2.75, 3.05) is 0 Å². The van der Waals surface area contributed by atoms with Crippen molar-refractivity contribution >= 4 is 11.2 Å². The molecule has 0 aliphatic heterocycles. The van der Waals surface area contributed by atoms with E-state index in [1.165, 1.54) is 0 Å². The summed E-state index contributed by atoms with van der Waals surface area (Å²) in [7, 11) is 0. The van der Waals surface area contributed by atoms with Crippen LogP contribution in [0.5, 0.6) is 0 Å². The first kappa shape index (κ1) is 9.82. The Morgan fingerprint density at radius 2 is 1.88 bits per heavy atom. The second kappa shape index (κ2) is 2.65. The highest BCUT2D eigenvalue weighted by Crippen LogP contribution is 2.73. The molecule has 0 amide bonds. The van der Waals surface area contributed by atoms with Gasteiger partial charge in [-0.25, -0.2) is 9.97 Å². The lowest BCUT2D eigenvalue weighted by Crippen LogP contribution is -1.95. The van der Waals surface area contributed by atoms with Crippen LogP contribution in [0.15, 0.2) is 18.3 Å². The molecular weight excluding hydrogens is 198 g/mol. The van der Waals surface area contributed by atoms with Gasteiger partial charge < -0.3 is 4.98 Å². The number of imidazole rings is 1. The number of hydrogen-bond donors (Lipinski definition) is 1. The maximum Gasteiger partial charge on any atom is 0.177 e. The molecule has 0 atom stereocenters. The summed E-state index contributed by atoms with van der Waals surface area (Å²) in [6.45, 7) is 9.22. The Labute approximate surface area is 95.3 Å². The van der Waals surface area contributed by atoms with Crippen LogP contribution in [-0.2, 0) is 0 Å². The highest BCUT2D eigenvalue weighted by molar-refractivity contribution is 5.70. The molecule has 16 heavy (non-hydrogen) atoms. The average Bonchev–Trinajstić information content (AvgIpc) is 2.55. The third-order valence-corrected chi connectivity index (χ3v) is 4.57. The van der Waals surface area contributed by atoms with Gasteiger partial charge in [0.1, 0.15) is 5.82 Å². The van der Waals surface area contributed by atoms with Gasteiger partial charge >= 0.3 is 0 Å². The van der Waals surface area contributed by atoms with E-state index in [2.05, 4.69) is 42.6 Å². The lowest BCUT2D eigenvalue weighted by molar-refractivity contribution is 0.457. The van der Waals surface area contributed by atoms with Crippen molar-refractivity contribution in [2.24, 2.45) is 10.8 Å². The summed E-state index contributed by atoms with van der Waals surface area (Å²) in [4.78, 5) is 12.3. The summed E-state index contributed by atoms with van der Waals surface area (Å²) in [5, 5.41) is 0. The Balaban J connectivity index is 2.09. The van der Waals surface area contributed by atoms with Gasteiger partial charge in [0.2, 0.25) is 0 Å². The zero-order valence-electron chi connectivity index (χ0n) is 10.2. The number of hydrogen-bond acceptors (Lipinski definition) is 2. The normalized spacial score (nSPS) is 22.5. The van der Waals surface area contributed by atoms with E-state index in [0.717, 1.165) is 17.0 Å². The molecule has 0 radical (unpaired) electrons. The number of aromatic nitrogens is 3. The van der Waals surface area contributed by atoms with Gasteiger partial charge in [-0.15, -0.1) is 0 Å². The van der Waals surface area contributed by atoms with Crippen molar-refractivity contribution in [3.05, 3.63) is 24.2 Å². The van der Waals surface area contributed by atoms with Crippen LogP contribution in [0.25, 0.3) is 11.2 Å². The molecule has 0 saturated heterocycles. The van der Waals surface area contributed by atoms with Crippen LogP contribution in [0.1, 0.15) is 39.4 Å². The van der Waals surface area contributed by atoms with Crippen molar-refractivity contribution in [2.45, 2.75) is 33.6 Å². The van der Waals surface area contributed by atoms with Crippen molar-refractivity contribution in [3.63, 3.8) is 0 Å². The van der Waals surface area contributed by atoms with E-state index in [1.54, 1.807) is 6.20 Å². The minimum atomic E-state index is 0.320. The SMILES string of the molecule is CC1(C)C(c2nc3ncccc3[nH]2)C1(C)C. The van der Waals surface area contributed by atoms with Crippen molar-refractivity contribution in [1.82, 2.24) is 15.0 Å². The predicted octanol–water partition coefficient (Wildman–Crippen LogP) is 3.11. The second-order valence-corrected chi connectivity index (χ2v) is 5.87. The van der Waals surface area contributed by atoms with E-state index in [0.29, 0.717) is 16.7 Å². The van der Waals surface area contributed by atoms with E-state index in [9.17, 15) is 0 Å². The number of pyridine rings is 1. The van der Waals surface area contributed by atoms with Gasteiger partial charge in [-0.3, -0.25) is 0 Å². The van der Waals surface area contributed by atoms with Crippen LogP contribution in [0.4, 0.5) is 0 Å². The maximum atomic E-state index is 4.60. The number of rotatable bonds is 1. The number of nitrogens with zero attached hydrogens (tertiary/aromatic N) is 2. The molecule has 3 heteroatoms. The summed E-state index contributed by atoms with van der Waals surface area (Å²) in [6.07, 6.45) is 1.79. The molecule has 84 valence electrons. The summed E-state index contributed by atoms with van der Waals surface area (Å²) in [5.74, 6) is 1.60. The van der Waals surface area contributed by atoms with Crippen LogP contribution < -0.4 is 0 Å². The van der Waals surface area contributed by atoms with E-state index in [-0.39, 0.29) is 0 Å². The Hall–Kier alpha value is -1.38. The molecular formula is C13H17N3. The molecule has 0 spiro atoms. The van der Waals surface area contributed by atoms with Crippen LogP contribution in [0.3, 0.4) is 0 Å². The average molecular weight is 215 g/mol. The largest absolute Gasteiger partial charge is 0.340 e. The molecule has 1 aliphatic carbocycles. The fraction of sp³-hybridized carbons (Fsp3) is 0.538. The van der Waals surface area contributed by atoms with Crippen LogP contribution in [-0.4, -0.2) is 15.0 Å². The van der Waals surface area contributed by atoms with Crippen LogP contribution >= 0.6 is 0 Å². The van der Waals surface area contributed by atoms with Crippen LogP contribution in [0, 0.1) is 10.8 Å². The van der Waals surface area contributed by atoms with Gasteiger partial charge in [0.15, 0.2) is 5.65 Å². The van der Waals surface area contributed by atoms with E-state index in [1.807, 2.05) is 12.1 Å². The van der Waals surface area contributed by atoms with Crippen molar-refractivity contribution < 1.29 is 0 Å². The highest BCUT2D eigenvalue weighted by Gasteiger charge is 2.66. The zero-order valence-corrected chi connectivity index (χ0v) is 10.2. The molecule has 1 N–H and O–H groups in total. The molecule has 2 heterocycles. The molecule has 0 unspecified atom stereocenters. The fourth-order valence-corrected chi connectivity index (χ4v) is 2.88. The second-order valence-electron chi connectivity index (χ2n) is 5.87. The molecule has 0 bridgehead atoms. The third-order valence-electron chi connectivity index (χ3n) is 4.57. The monoisotopic (exact) mass is 215 g/mol. The third kappa shape index (κ3) is 1.03. The van der Waals surface area contributed by atoms with E-state index >= 15 is 0 Å². The first-order valence-corrected chi connectivity index (χ1v) is 5.75. The molecule has 2 aromatic heterocycles. The van der Waals surface area contributed by atoms with Crippen molar-refractivity contribution in [1.29, 1.82) is 0 Å². The number of aromatic amines is 1. The maximum absolute atomic E-state index is 4.60. The summed E-state index contributed by atoms with van der Waals surface area (Å²) >= 11 is 0. The number of fused-ring (bicyclic) bond motifs is 1. The minimum Gasteiger partial charge on any atom is -0.340 e. The van der Waals surface area contributed by atoms with E-state index < -0.39 is 0 Å². The quantitative estimate of drug-likeness (QED) is 0.794. The summed E-state index contributed by atoms with van der Waals surface area (Å²) in [6, 6.07) is 3.97. The fourth-order valence-electron chi connectivity index (χ4n) is 2.88. The lowest BCUT2D eigenvalue weighted by Gasteiger charge is -2.03. The van der Waals surface area contributed by atoms with Gasteiger partial charge in [-0.05, 0) is 23.0 Å². The summed E-state index contributed by atoms with van der Waals surface area (Å²) < 4.78 is 0. The van der Waals surface area contributed by atoms with Crippen LogP contribution in [0.2, 0.25) is 0 Å². The Kier molecular flexibility index (Phi) is 1.63. The zero-order chi connectivity index (χ0) is 11.6. The minimum absolute atomic E-state index is 0.320. The topological polar surface area (TPSA) is 41.6 Å². The van der Waals surface area contributed by atoms with Gasteiger partial charge in [-0.2, -0.15) is 0 Å². The van der Waals surface area contributed by atoms with Gasteiger partial charge in [0.25, 0.3) is 0 Å². The molecule has 3 rings (SSSR count). The Morgan fingerprint density at radius 1 is 1.19 bits per heavy atom. The van der Waals surface area contributed by atoms with Gasteiger partial charge in [0.05, 0.1) is 5.52 Å². The molecule has 3 nitrogen and oxygen atoms in total. The molecule has 1 aliphatic rings. The summed E-state index contributed by atoms with van der Waals surface area (Å²) in [5.41, 5.74) is 2.51. The molecule has 2 aromatic rings. The van der Waals surface area contributed by atoms with Crippen molar-refractivity contribution in [3.8, 4) is 0 Å². The Bertz CT molecular complexity index is 504. The van der Waals surface area contributed by atoms with Gasteiger partial charge in [0, 0.05) is 12.1 Å². The molecule has 1 fully saturated rings. The first-order chi connectivity index (χ1) is 7.44. The number of H-pyrrole nitrogens is 1. The number of nitrogens with one attached hydrogen (secondary N) is 1. The van der Waals surface area contributed by atoms with E-state index in [4.69, 9.17) is 0 Å². The Morgan fingerprint density at radius 3 is 2.44 bits per heavy atom. The molecule has 0 aromatic carbocycles.